The van der Waals surface area contributed by atoms with E-state index < -0.39 is 0 Å². The van der Waals surface area contributed by atoms with Gasteiger partial charge in [-0.05, 0) is 52.8 Å². The van der Waals surface area contributed by atoms with Gasteiger partial charge in [0.2, 0.25) is 0 Å². The van der Waals surface area contributed by atoms with Gasteiger partial charge in [-0.2, -0.15) is 5.26 Å². The minimum atomic E-state index is 0.519. The fraction of sp³-hybridized carbons (Fsp3) is 0.200. The molecule has 0 aromatic heterocycles. The van der Waals surface area contributed by atoms with Gasteiger partial charge in [0.15, 0.2) is 0 Å². The van der Waals surface area contributed by atoms with E-state index in [4.69, 9.17) is 5.26 Å². The van der Waals surface area contributed by atoms with Gasteiger partial charge in [-0.1, -0.05) is 0 Å². The molecule has 2 nitrogen and oxygen atoms in total. The maximum atomic E-state index is 10.2. The van der Waals surface area contributed by atoms with Crippen LogP contribution in [-0.4, -0.2) is 6.29 Å². The van der Waals surface area contributed by atoms with Gasteiger partial charge in [0, 0.05) is 9.99 Å². The maximum Gasteiger partial charge on any atom is 0.120 e. The summed E-state index contributed by atoms with van der Waals surface area (Å²) < 4.78 is 1.11. The lowest BCUT2D eigenvalue weighted by molar-refractivity contribution is -0.107. The molecule has 0 bridgehead atoms. The molecule has 66 valence electrons. The SMILES string of the molecule is N#Cc1ccc(I)c(CCC=O)c1. The molecule has 0 amide bonds. The molecule has 0 aliphatic carbocycles. The Hall–Kier alpha value is -0.890. The summed E-state index contributed by atoms with van der Waals surface area (Å²) in [7, 11) is 0. The zero-order chi connectivity index (χ0) is 9.68. The van der Waals surface area contributed by atoms with Crippen molar-refractivity contribution in [3.63, 3.8) is 0 Å². The topological polar surface area (TPSA) is 40.9 Å². The van der Waals surface area contributed by atoms with E-state index in [-0.39, 0.29) is 0 Å². The van der Waals surface area contributed by atoms with Gasteiger partial charge in [-0.25, -0.2) is 0 Å². The quantitative estimate of drug-likeness (QED) is 0.631. The van der Waals surface area contributed by atoms with Gasteiger partial charge < -0.3 is 4.79 Å². The fourth-order valence-corrected chi connectivity index (χ4v) is 1.66. The number of aldehydes is 1. The second-order valence-corrected chi connectivity index (χ2v) is 3.79. The average molecular weight is 285 g/mol. The van der Waals surface area contributed by atoms with Crippen LogP contribution in [0, 0.1) is 14.9 Å². The van der Waals surface area contributed by atoms with Gasteiger partial charge in [0.25, 0.3) is 0 Å². The first-order chi connectivity index (χ1) is 6.27. The molecule has 0 atom stereocenters. The maximum absolute atomic E-state index is 10.2. The molecule has 0 spiro atoms. The number of rotatable bonds is 3. The van der Waals surface area contributed by atoms with Crippen molar-refractivity contribution in [1.82, 2.24) is 0 Å². The Kier molecular flexibility index (Phi) is 3.90. The highest BCUT2D eigenvalue weighted by Gasteiger charge is 2.00. The van der Waals surface area contributed by atoms with Crippen LogP contribution in [0.25, 0.3) is 0 Å². The molecule has 0 saturated heterocycles. The summed E-state index contributed by atoms with van der Waals surface area (Å²) >= 11 is 2.21. The number of nitriles is 1. The Morgan fingerprint density at radius 1 is 1.54 bits per heavy atom. The van der Waals surface area contributed by atoms with Crippen molar-refractivity contribution in [3.05, 3.63) is 32.9 Å². The van der Waals surface area contributed by atoms with E-state index >= 15 is 0 Å². The first-order valence-corrected chi connectivity index (χ1v) is 4.98. The lowest BCUT2D eigenvalue weighted by Crippen LogP contribution is -1.91. The van der Waals surface area contributed by atoms with Crippen molar-refractivity contribution >= 4 is 28.9 Å². The fourth-order valence-electron chi connectivity index (χ4n) is 1.05. The van der Waals surface area contributed by atoms with Crippen molar-refractivity contribution in [2.45, 2.75) is 12.8 Å². The molecule has 0 saturated carbocycles. The van der Waals surface area contributed by atoms with Crippen molar-refractivity contribution in [3.8, 4) is 6.07 Å². The second kappa shape index (κ2) is 4.97. The van der Waals surface area contributed by atoms with Gasteiger partial charge >= 0.3 is 0 Å². The highest BCUT2D eigenvalue weighted by Crippen LogP contribution is 2.15. The average Bonchev–Trinajstić information content (AvgIpc) is 2.17. The number of hydrogen-bond acceptors (Lipinski definition) is 2. The molecule has 1 aromatic rings. The van der Waals surface area contributed by atoms with Crippen LogP contribution in [0.15, 0.2) is 18.2 Å². The molecule has 13 heavy (non-hydrogen) atoms. The molecular formula is C10H8INO. The number of halogens is 1. The summed E-state index contributed by atoms with van der Waals surface area (Å²) in [6, 6.07) is 7.60. The first kappa shape index (κ1) is 10.2. The van der Waals surface area contributed by atoms with E-state index in [1.807, 2.05) is 12.1 Å². The number of carbonyl (C=O) groups is 1. The van der Waals surface area contributed by atoms with Crippen LogP contribution in [0.1, 0.15) is 17.5 Å². The highest BCUT2D eigenvalue weighted by molar-refractivity contribution is 14.1. The molecule has 0 radical (unpaired) electrons. The molecular weight excluding hydrogens is 277 g/mol. The molecule has 0 aliphatic heterocycles. The van der Waals surface area contributed by atoms with E-state index in [0.29, 0.717) is 12.0 Å². The van der Waals surface area contributed by atoms with Crippen LogP contribution in [0.2, 0.25) is 0 Å². The molecule has 1 rings (SSSR count). The predicted molar refractivity (Wildman–Crippen MR) is 58.3 cm³/mol. The number of aryl methyl sites for hydroxylation is 1. The molecule has 0 fully saturated rings. The minimum Gasteiger partial charge on any atom is -0.303 e. The lowest BCUT2D eigenvalue weighted by atomic mass is 10.1. The number of benzene rings is 1. The summed E-state index contributed by atoms with van der Waals surface area (Å²) in [5.41, 5.74) is 1.73. The molecule has 0 aliphatic rings. The number of hydrogen-bond donors (Lipinski definition) is 0. The van der Waals surface area contributed by atoms with Crippen molar-refractivity contribution in [1.29, 1.82) is 5.26 Å². The Bertz CT molecular complexity index is 354. The largest absolute Gasteiger partial charge is 0.303 e. The van der Waals surface area contributed by atoms with Crippen molar-refractivity contribution in [2.24, 2.45) is 0 Å². The summed E-state index contributed by atoms with van der Waals surface area (Å²) in [5, 5.41) is 8.66. The predicted octanol–water partition coefficient (Wildman–Crippen LogP) is 2.29. The number of nitrogens with zero attached hydrogens (tertiary/aromatic N) is 1. The van der Waals surface area contributed by atoms with Gasteiger partial charge in [0.05, 0.1) is 11.6 Å². The zero-order valence-electron chi connectivity index (χ0n) is 6.96. The van der Waals surface area contributed by atoms with Crippen LogP contribution >= 0.6 is 22.6 Å². The van der Waals surface area contributed by atoms with E-state index in [0.717, 1.165) is 21.8 Å². The second-order valence-electron chi connectivity index (χ2n) is 2.62. The van der Waals surface area contributed by atoms with E-state index in [9.17, 15) is 4.79 Å². The van der Waals surface area contributed by atoms with Gasteiger partial charge in [-0.15, -0.1) is 0 Å². The zero-order valence-corrected chi connectivity index (χ0v) is 9.11. The smallest absolute Gasteiger partial charge is 0.120 e. The number of carbonyl (C=O) groups excluding carboxylic acids is 1. The summed E-state index contributed by atoms with van der Waals surface area (Å²) in [5.74, 6) is 0. The van der Waals surface area contributed by atoms with E-state index in [2.05, 4.69) is 28.7 Å². The minimum absolute atomic E-state index is 0.519. The Balaban J connectivity index is 2.91. The third-order valence-electron chi connectivity index (χ3n) is 1.71. The van der Waals surface area contributed by atoms with Crippen LogP contribution in [0.4, 0.5) is 0 Å². The van der Waals surface area contributed by atoms with Crippen molar-refractivity contribution in [2.75, 3.05) is 0 Å². The third-order valence-corrected chi connectivity index (χ3v) is 2.76. The molecule has 0 heterocycles. The van der Waals surface area contributed by atoms with Crippen LogP contribution in [0.3, 0.4) is 0 Å². The van der Waals surface area contributed by atoms with E-state index in [1.54, 1.807) is 6.07 Å². The molecule has 0 unspecified atom stereocenters. The summed E-state index contributed by atoms with van der Waals surface area (Å²) in [6.07, 6.45) is 2.14. The highest BCUT2D eigenvalue weighted by atomic mass is 127. The Morgan fingerprint density at radius 2 is 2.31 bits per heavy atom. The summed E-state index contributed by atoms with van der Waals surface area (Å²) in [6.45, 7) is 0. The van der Waals surface area contributed by atoms with Crippen molar-refractivity contribution < 1.29 is 4.79 Å². The standard InChI is InChI=1S/C10H8INO/c11-10-4-3-8(7-12)6-9(10)2-1-5-13/h3-6H,1-2H2. The van der Waals surface area contributed by atoms with Crippen LogP contribution in [-0.2, 0) is 11.2 Å². The first-order valence-electron chi connectivity index (χ1n) is 3.90. The normalized spacial score (nSPS) is 9.23. The van der Waals surface area contributed by atoms with Gasteiger partial charge in [0.1, 0.15) is 6.29 Å². The van der Waals surface area contributed by atoms with Crippen LogP contribution < -0.4 is 0 Å². The van der Waals surface area contributed by atoms with Gasteiger partial charge in [-0.3, -0.25) is 0 Å². The third kappa shape index (κ3) is 2.81. The van der Waals surface area contributed by atoms with E-state index in [1.165, 1.54) is 0 Å². The van der Waals surface area contributed by atoms with Crippen LogP contribution in [0.5, 0.6) is 0 Å². The molecule has 1 aromatic carbocycles. The Labute approximate surface area is 90.7 Å². The monoisotopic (exact) mass is 285 g/mol. The summed E-state index contributed by atoms with van der Waals surface area (Å²) in [4.78, 5) is 10.2. The molecule has 0 N–H and O–H groups in total. The molecule has 3 heteroatoms. The Morgan fingerprint density at radius 3 is 2.92 bits per heavy atom. The lowest BCUT2D eigenvalue weighted by Gasteiger charge is -2.01.